The average Bonchev–Trinajstić information content (AvgIpc) is 2.56. The molecule has 2 unspecified atom stereocenters. The molecular formula is C13H23ClN4. The van der Waals surface area contributed by atoms with E-state index < -0.39 is 0 Å². The third-order valence-corrected chi connectivity index (χ3v) is 4.30. The lowest BCUT2D eigenvalue weighted by molar-refractivity contribution is 0.124. The fourth-order valence-electron chi connectivity index (χ4n) is 2.68. The molecule has 2 rings (SSSR count). The Hall–Kier alpha value is -0.580. The lowest BCUT2D eigenvalue weighted by Gasteiger charge is -2.39. The SMILES string of the molecule is CCC1CNC(C)CN1Cc1c(C)nn(C)c1Cl. The van der Waals surface area contributed by atoms with E-state index in [4.69, 9.17) is 11.6 Å². The van der Waals surface area contributed by atoms with E-state index in [1.54, 1.807) is 4.68 Å². The van der Waals surface area contributed by atoms with Gasteiger partial charge in [0.05, 0.1) is 5.69 Å². The van der Waals surface area contributed by atoms with Crippen LogP contribution in [0.15, 0.2) is 0 Å². The van der Waals surface area contributed by atoms with Crippen LogP contribution in [0, 0.1) is 6.92 Å². The highest BCUT2D eigenvalue weighted by Gasteiger charge is 2.26. The molecule has 0 saturated carbocycles. The van der Waals surface area contributed by atoms with Crippen molar-refractivity contribution in [3.8, 4) is 0 Å². The van der Waals surface area contributed by atoms with Crippen molar-refractivity contribution in [2.24, 2.45) is 7.05 Å². The third kappa shape index (κ3) is 2.71. The molecule has 102 valence electrons. The monoisotopic (exact) mass is 270 g/mol. The van der Waals surface area contributed by atoms with E-state index in [1.165, 1.54) is 5.56 Å². The summed E-state index contributed by atoms with van der Waals surface area (Å²) in [5.41, 5.74) is 2.22. The molecule has 0 radical (unpaired) electrons. The van der Waals surface area contributed by atoms with Gasteiger partial charge < -0.3 is 5.32 Å². The Bertz CT molecular complexity index is 415. The zero-order valence-electron chi connectivity index (χ0n) is 11.7. The number of halogens is 1. The minimum absolute atomic E-state index is 0.545. The smallest absolute Gasteiger partial charge is 0.131 e. The van der Waals surface area contributed by atoms with Gasteiger partial charge >= 0.3 is 0 Å². The van der Waals surface area contributed by atoms with Crippen LogP contribution >= 0.6 is 11.6 Å². The quantitative estimate of drug-likeness (QED) is 0.912. The predicted molar refractivity (Wildman–Crippen MR) is 74.9 cm³/mol. The van der Waals surface area contributed by atoms with Gasteiger partial charge in [0.15, 0.2) is 0 Å². The first kappa shape index (κ1) is 13.8. The standard InChI is InChI=1S/C13H23ClN4/c1-5-11-6-15-9(2)7-18(11)8-12-10(3)16-17(4)13(12)14/h9,11,15H,5-8H2,1-4H3. The van der Waals surface area contributed by atoms with Crippen molar-refractivity contribution in [1.29, 1.82) is 0 Å². The highest BCUT2D eigenvalue weighted by molar-refractivity contribution is 6.30. The molecule has 0 aromatic carbocycles. The van der Waals surface area contributed by atoms with E-state index in [2.05, 4.69) is 29.2 Å². The molecule has 1 saturated heterocycles. The molecule has 0 spiro atoms. The number of piperazine rings is 1. The van der Waals surface area contributed by atoms with Crippen molar-refractivity contribution in [2.45, 2.75) is 45.8 Å². The molecule has 18 heavy (non-hydrogen) atoms. The highest BCUT2D eigenvalue weighted by atomic mass is 35.5. The second-order valence-corrected chi connectivity index (χ2v) is 5.64. The topological polar surface area (TPSA) is 33.1 Å². The Morgan fingerprint density at radius 1 is 1.50 bits per heavy atom. The fraction of sp³-hybridized carbons (Fsp3) is 0.769. The van der Waals surface area contributed by atoms with E-state index in [-0.39, 0.29) is 0 Å². The van der Waals surface area contributed by atoms with Crippen LogP contribution in [0.1, 0.15) is 31.5 Å². The van der Waals surface area contributed by atoms with Gasteiger partial charge in [-0.05, 0) is 20.3 Å². The van der Waals surface area contributed by atoms with E-state index in [9.17, 15) is 0 Å². The summed E-state index contributed by atoms with van der Waals surface area (Å²) in [7, 11) is 1.90. The molecule has 0 bridgehead atoms. The fourth-order valence-corrected chi connectivity index (χ4v) is 2.92. The maximum Gasteiger partial charge on any atom is 0.131 e. The number of hydrogen-bond donors (Lipinski definition) is 1. The molecule has 2 heterocycles. The summed E-state index contributed by atoms with van der Waals surface area (Å²) in [6, 6.07) is 1.14. The Kier molecular flexibility index (Phi) is 4.30. The van der Waals surface area contributed by atoms with E-state index in [1.807, 2.05) is 14.0 Å². The van der Waals surface area contributed by atoms with Crippen molar-refractivity contribution in [1.82, 2.24) is 20.0 Å². The molecule has 1 aliphatic heterocycles. The molecule has 1 aromatic rings. The molecule has 1 fully saturated rings. The van der Waals surface area contributed by atoms with Gasteiger partial charge in [-0.15, -0.1) is 0 Å². The molecule has 0 aliphatic carbocycles. The average molecular weight is 271 g/mol. The van der Waals surface area contributed by atoms with Gasteiger partial charge in [0.25, 0.3) is 0 Å². The lowest BCUT2D eigenvalue weighted by Crippen LogP contribution is -2.54. The van der Waals surface area contributed by atoms with Crippen molar-refractivity contribution in [3.05, 3.63) is 16.4 Å². The summed E-state index contributed by atoms with van der Waals surface area (Å²) in [6.07, 6.45) is 1.16. The first-order valence-corrected chi connectivity index (χ1v) is 7.06. The van der Waals surface area contributed by atoms with Crippen LogP contribution in [0.3, 0.4) is 0 Å². The minimum Gasteiger partial charge on any atom is -0.311 e. The van der Waals surface area contributed by atoms with Gasteiger partial charge in [0.1, 0.15) is 5.15 Å². The second kappa shape index (κ2) is 5.59. The maximum atomic E-state index is 6.32. The second-order valence-electron chi connectivity index (χ2n) is 5.28. The largest absolute Gasteiger partial charge is 0.311 e. The number of nitrogens with zero attached hydrogens (tertiary/aromatic N) is 3. The number of aromatic nitrogens is 2. The Labute approximate surface area is 114 Å². The van der Waals surface area contributed by atoms with Gasteiger partial charge in [0, 0.05) is 44.3 Å². The van der Waals surface area contributed by atoms with Crippen LogP contribution in [-0.2, 0) is 13.6 Å². The van der Waals surface area contributed by atoms with Gasteiger partial charge in [0.2, 0.25) is 0 Å². The Morgan fingerprint density at radius 3 is 2.78 bits per heavy atom. The van der Waals surface area contributed by atoms with Crippen molar-refractivity contribution in [2.75, 3.05) is 13.1 Å². The van der Waals surface area contributed by atoms with Crippen molar-refractivity contribution >= 4 is 11.6 Å². The van der Waals surface area contributed by atoms with Gasteiger partial charge in [-0.2, -0.15) is 5.10 Å². The lowest BCUT2D eigenvalue weighted by atomic mass is 10.1. The van der Waals surface area contributed by atoms with Crippen molar-refractivity contribution in [3.63, 3.8) is 0 Å². The number of rotatable bonds is 3. The van der Waals surface area contributed by atoms with Crippen molar-refractivity contribution < 1.29 is 0 Å². The summed E-state index contributed by atoms with van der Waals surface area (Å²) < 4.78 is 1.76. The van der Waals surface area contributed by atoms with Gasteiger partial charge in [-0.1, -0.05) is 18.5 Å². The zero-order chi connectivity index (χ0) is 13.3. The molecule has 2 atom stereocenters. The minimum atomic E-state index is 0.545. The molecule has 4 nitrogen and oxygen atoms in total. The van der Waals surface area contributed by atoms with Crippen LogP contribution < -0.4 is 5.32 Å². The maximum absolute atomic E-state index is 6.32. The summed E-state index contributed by atoms with van der Waals surface area (Å²) in [6.45, 7) is 9.55. The summed E-state index contributed by atoms with van der Waals surface area (Å²) in [5.74, 6) is 0. The molecular weight excluding hydrogens is 248 g/mol. The summed E-state index contributed by atoms with van der Waals surface area (Å²) in [5, 5.41) is 8.70. The zero-order valence-corrected chi connectivity index (χ0v) is 12.5. The van der Waals surface area contributed by atoms with Crippen LogP contribution in [0.5, 0.6) is 0 Å². The first-order chi connectivity index (χ1) is 8.52. The van der Waals surface area contributed by atoms with Crippen LogP contribution in [0.2, 0.25) is 5.15 Å². The molecule has 0 amide bonds. The highest BCUT2D eigenvalue weighted by Crippen LogP contribution is 2.23. The predicted octanol–water partition coefficient (Wildman–Crippen LogP) is 1.95. The number of nitrogens with one attached hydrogen (secondary N) is 1. The number of aryl methyl sites for hydroxylation is 2. The molecule has 1 aliphatic rings. The molecule has 1 aromatic heterocycles. The third-order valence-electron chi connectivity index (χ3n) is 3.83. The van der Waals surface area contributed by atoms with Crippen LogP contribution in [0.25, 0.3) is 0 Å². The summed E-state index contributed by atoms with van der Waals surface area (Å²) in [4.78, 5) is 2.52. The first-order valence-electron chi connectivity index (χ1n) is 6.68. The van der Waals surface area contributed by atoms with Gasteiger partial charge in [-0.3, -0.25) is 9.58 Å². The van der Waals surface area contributed by atoms with E-state index in [0.717, 1.165) is 36.9 Å². The Balaban J connectivity index is 2.15. The van der Waals surface area contributed by atoms with Crippen LogP contribution in [0.4, 0.5) is 0 Å². The van der Waals surface area contributed by atoms with Gasteiger partial charge in [-0.25, -0.2) is 0 Å². The Morgan fingerprint density at radius 2 is 2.22 bits per heavy atom. The molecule has 1 N–H and O–H groups in total. The van der Waals surface area contributed by atoms with Crippen LogP contribution in [-0.4, -0.2) is 39.9 Å². The van der Waals surface area contributed by atoms with E-state index >= 15 is 0 Å². The number of hydrogen-bond acceptors (Lipinski definition) is 3. The molecule has 5 heteroatoms. The van der Waals surface area contributed by atoms with E-state index in [0.29, 0.717) is 12.1 Å². The summed E-state index contributed by atoms with van der Waals surface area (Å²) >= 11 is 6.32. The normalized spacial score (nSPS) is 25.6.